The van der Waals surface area contributed by atoms with Gasteiger partial charge in [-0.2, -0.15) is 0 Å². The van der Waals surface area contributed by atoms with Crippen molar-refractivity contribution in [3.05, 3.63) is 0 Å². The Morgan fingerprint density at radius 2 is 1.87 bits per heavy atom. The van der Waals surface area contributed by atoms with Gasteiger partial charge in [0.15, 0.2) is 0 Å². The molecule has 0 fully saturated rings. The van der Waals surface area contributed by atoms with Gasteiger partial charge < -0.3 is 9.84 Å². The van der Waals surface area contributed by atoms with Crippen LogP contribution in [0, 0.1) is 5.92 Å². The Bertz CT molecular complexity index is 157. The first-order chi connectivity index (χ1) is 6.93. The normalized spacial score (nSPS) is 19.6. The van der Waals surface area contributed by atoms with Crippen LogP contribution in [-0.4, -0.2) is 23.4 Å². The summed E-state index contributed by atoms with van der Waals surface area (Å²) >= 11 is 0. The molecule has 2 heteroatoms. The SMILES string of the molecule is CCCC(C)(CC(C)CC)OCC(C)O. The van der Waals surface area contributed by atoms with Crippen LogP contribution in [0.25, 0.3) is 0 Å². The first-order valence-corrected chi connectivity index (χ1v) is 6.25. The predicted molar refractivity (Wildman–Crippen MR) is 65.0 cm³/mol. The minimum atomic E-state index is -0.363. The maximum atomic E-state index is 9.25. The highest BCUT2D eigenvalue weighted by Gasteiger charge is 2.26. The van der Waals surface area contributed by atoms with Crippen LogP contribution in [0.5, 0.6) is 0 Å². The van der Waals surface area contributed by atoms with Crippen molar-refractivity contribution in [2.24, 2.45) is 5.92 Å². The second kappa shape index (κ2) is 7.24. The summed E-state index contributed by atoms with van der Waals surface area (Å²) in [5.41, 5.74) is -0.0544. The summed E-state index contributed by atoms with van der Waals surface area (Å²) in [5.74, 6) is 0.690. The molecule has 0 aliphatic carbocycles. The van der Waals surface area contributed by atoms with Crippen molar-refractivity contribution in [2.75, 3.05) is 6.61 Å². The molecule has 0 bridgehead atoms. The number of hydrogen-bond acceptors (Lipinski definition) is 2. The van der Waals surface area contributed by atoms with E-state index in [1.54, 1.807) is 6.92 Å². The summed E-state index contributed by atoms with van der Waals surface area (Å²) in [6.07, 6.45) is 4.12. The third kappa shape index (κ3) is 6.91. The van der Waals surface area contributed by atoms with Gasteiger partial charge in [0, 0.05) is 0 Å². The quantitative estimate of drug-likeness (QED) is 0.674. The summed E-state index contributed by atoms with van der Waals surface area (Å²) in [6, 6.07) is 0. The van der Waals surface area contributed by atoms with Crippen molar-refractivity contribution in [2.45, 2.75) is 72.0 Å². The van der Waals surface area contributed by atoms with Crippen LogP contribution in [0.2, 0.25) is 0 Å². The van der Waals surface area contributed by atoms with Crippen molar-refractivity contribution < 1.29 is 9.84 Å². The lowest BCUT2D eigenvalue weighted by Crippen LogP contribution is -2.33. The van der Waals surface area contributed by atoms with Crippen molar-refractivity contribution in [1.29, 1.82) is 0 Å². The lowest BCUT2D eigenvalue weighted by molar-refractivity contribution is -0.0818. The molecule has 3 atom stereocenters. The van der Waals surface area contributed by atoms with Crippen LogP contribution in [0.3, 0.4) is 0 Å². The largest absolute Gasteiger partial charge is 0.391 e. The van der Waals surface area contributed by atoms with Gasteiger partial charge in [0.2, 0.25) is 0 Å². The van der Waals surface area contributed by atoms with Crippen LogP contribution >= 0.6 is 0 Å². The smallest absolute Gasteiger partial charge is 0.0745 e. The van der Waals surface area contributed by atoms with E-state index >= 15 is 0 Å². The highest BCUT2D eigenvalue weighted by Crippen LogP contribution is 2.27. The average Bonchev–Trinajstić information content (AvgIpc) is 2.15. The molecule has 0 rings (SSSR count). The van der Waals surface area contributed by atoms with Gasteiger partial charge >= 0.3 is 0 Å². The maximum Gasteiger partial charge on any atom is 0.0745 e. The molecule has 0 saturated carbocycles. The molecule has 0 amide bonds. The monoisotopic (exact) mass is 216 g/mol. The second-order valence-corrected chi connectivity index (χ2v) is 5.08. The lowest BCUT2D eigenvalue weighted by Gasteiger charge is -2.32. The number of hydrogen-bond donors (Lipinski definition) is 1. The minimum Gasteiger partial charge on any atom is -0.391 e. The fourth-order valence-electron chi connectivity index (χ4n) is 1.97. The minimum absolute atomic E-state index is 0.0544. The van der Waals surface area contributed by atoms with Crippen LogP contribution < -0.4 is 0 Å². The van der Waals surface area contributed by atoms with Crippen molar-refractivity contribution in [3.63, 3.8) is 0 Å². The predicted octanol–water partition coefficient (Wildman–Crippen LogP) is 3.38. The van der Waals surface area contributed by atoms with Gasteiger partial charge in [-0.05, 0) is 32.6 Å². The van der Waals surface area contributed by atoms with Crippen LogP contribution in [0.4, 0.5) is 0 Å². The van der Waals surface area contributed by atoms with Gasteiger partial charge in [-0.1, -0.05) is 33.6 Å². The van der Waals surface area contributed by atoms with Gasteiger partial charge in [0.05, 0.1) is 18.3 Å². The van der Waals surface area contributed by atoms with Gasteiger partial charge in [0.1, 0.15) is 0 Å². The Balaban J connectivity index is 4.17. The summed E-state index contributed by atoms with van der Waals surface area (Å²) in [5, 5.41) is 9.25. The van der Waals surface area contributed by atoms with Gasteiger partial charge in [-0.25, -0.2) is 0 Å². The highest BCUT2D eigenvalue weighted by molar-refractivity contribution is 4.77. The molecule has 0 aliphatic heterocycles. The third-order valence-electron chi connectivity index (χ3n) is 2.93. The average molecular weight is 216 g/mol. The van der Waals surface area contributed by atoms with E-state index in [4.69, 9.17) is 4.74 Å². The van der Waals surface area contributed by atoms with E-state index in [0.717, 1.165) is 19.3 Å². The Hall–Kier alpha value is -0.0800. The molecule has 3 unspecified atom stereocenters. The molecule has 0 aromatic heterocycles. The van der Waals surface area contributed by atoms with Gasteiger partial charge in [-0.15, -0.1) is 0 Å². The van der Waals surface area contributed by atoms with E-state index in [1.807, 2.05) is 0 Å². The van der Waals surface area contributed by atoms with E-state index in [1.165, 1.54) is 6.42 Å². The third-order valence-corrected chi connectivity index (χ3v) is 2.93. The molecule has 0 spiro atoms. The maximum absolute atomic E-state index is 9.25. The number of aliphatic hydroxyl groups excluding tert-OH is 1. The summed E-state index contributed by atoms with van der Waals surface area (Å²) in [6.45, 7) is 11.1. The van der Waals surface area contributed by atoms with Crippen molar-refractivity contribution in [1.82, 2.24) is 0 Å². The van der Waals surface area contributed by atoms with Gasteiger partial charge in [0.25, 0.3) is 0 Å². The molecule has 92 valence electrons. The molecule has 0 heterocycles. The summed E-state index contributed by atoms with van der Waals surface area (Å²) in [4.78, 5) is 0. The second-order valence-electron chi connectivity index (χ2n) is 5.08. The van der Waals surface area contributed by atoms with E-state index in [0.29, 0.717) is 12.5 Å². The molecule has 0 aliphatic rings. The van der Waals surface area contributed by atoms with Crippen LogP contribution in [-0.2, 0) is 4.74 Å². The number of rotatable bonds is 8. The first kappa shape index (κ1) is 14.9. The zero-order valence-corrected chi connectivity index (χ0v) is 11.0. The van der Waals surface area contributed by atoms with E-state index in [9.17, 15) is 5.11 Å². The molecule has 0 aromatic rings. The first-order valence-electron chi connectivity index (χ1n) is 6.25. The van der Waals surface area contributed by atoms with Crippen LogP contribution in [0.1, 0.15) is 60.3 Å². The van der Waals surface area contributed by atoms with Gasteiger partial charge in [-0.3, -0.25) is 0 Å². The summed E-state index contributed by atoms with van der Waals surface area (Å²) < 4.78 is 5.85. The zero-order chi connectivity index (χ0) is 11.9. The van der Waals surface area contributed by atoms with Crippen molar-refractivity contribution >= 4 is 0 Å². The molecule has 0 radical (unpaired) electrons. The van der Waals surface area contributed by atoms with E-state index in [2.05, 4.69) is 27.7 Å². The molecular weight excluding hydrogens is 188 g/mol. The Morgan fingerprint density at radius 3 is 2.27 bits per heavy atom. The summed E-state index contributed by atoms with van der Waals surface area (Å²) in [7, 11) is 0. The van der Waals surface area contributed by atoms with E-state index in [-0.39, 0.29) is 11.7 Å². The lowest BCUT2D eigenvalue weighted by atomic mass is 9.88. The fraction of sp³-hybridized carbons (Fsp3) is 1.00. The van der Waals surface area contributed by atoms with E-state index < -0.39 is 0 Å². The standard InChI is InChI=1S/C13H28O2/c1-6-8-13(5,9-11(3)7-2)15-10-12(4)14/h11-12,14H,6-10H2,1-5H3. The Morgan fingerprint density at radius 1 is 1.27 bits per heavy atom. The topological polar surface area (TPSA) is 29.5 Å². The Kier molecular flexibility index (Phi) is 7.20. The van der Waals surface area contributed by atoms with Crippen molar-refractivity contribution in [3.8, 4) is 0 Å². The zero-order valence-electron chi connectivity index (χ0n) is 11.0. The molecule has 2 nitrogen and oxygen atoms in total. The highest BCUT2D eigenvalue weighted by atomic mass is 16.5. The fourth-order valence-corrected chi connectivity index (χ4v) is 1.97. The number of aliphatic hydroxyl groups is 1. The number of ether oxygens (including phenoxy) is 1. The molecule has 15 heavy (non-hydrogen) atoms. The van der Waals surface area contributed by atoms with Crippen LogP contribution in [0.15, 0.2) is 0 Å². The molecule has 1 N–H and O–H groups in total. The molecular formula is C13H28O2. The molecule has 0 aromatic carbocycles. The molecule has 0 saturated heterocycles. The Labute approximate surface area is 95.0 Å².